The molecule has 1 atom stereocenters. The molecular formula is C36H40FN3O4S. The molecule has 0 fully saturated rings. The van der Waals surface area contributed by atoms with Crippen molar-refractivity contribution in [1.29, 1.82) is 0 Å². The Morgan fingerprint density at radius 3 is 2.13 bits per heavy atom. The van der Waals surface area contributed by atoms with Gasteiger partial charge in [0.15, 0.2) is 0 Å². The molecule has 0 aromatic heterocycles. The molecule has 45 heavy (non-hydrogen) atoms. The Labute approximate surface area is 265 Å². The van der Waals surface area contributed by atoms with Crippen LogP contribution in [0.1, 0.15) is 42.0 Å². The highest BCUT2D eigenvalue weighted by atomic mass is 32.2. The number of rotatable bonds is 14. The van der Waals surface area contributed by atoms with E-state index in [0.29, 0.717) is 6.54 Å². The molecule has 0 heterocycles. The number of unbranched alkanes of at least 4 members (excludes halogenated alkanes) is 1. The molecule has 1 N–H and O–H groups in total. The summed E-state index contributed by atoms with van der Waals surface area (Å²) in [5.74, 6) is -1.43. The Hall–Kier alpha value is -4.50. The van der Waals surface area contributed by atoms with Gasteiger partial charge < -0.3 is 10.2 Å². The highest BCUT2D eigenvalue weighted by Crippen LogP contribution is 2.26. The third kappa shape index (κ3) is 8.79. The van der Waals surface area contributed by atoms with Crippen LogP contribution in [-0.2, 0) is 32.6 Å². The van der Waals surface area contributed by atoms with Gasteiger partial charge in [0.25, 0.3) is 10.0 Å². The van der Waals surface area contributed by atoms with E-state index in [1.165, 1.54) is 17.0 Å². The smallest absolute Gasteiger partial charge is 0.264 e. The summed E-state index contributed by atoms with van der Waals surface area (Å²) in [6.45, 7) is 5.83. The van der Waals surface area contributed by atoms with Crippen LogP contribution in [0.25, 0.3) is 0 Å². The zero-order chi connectivity index (χ0) is 32.4. The molecule has 4 rings (SSSR count). The van der Waals surface area contributed by atoms with Crippen molar-refractivity contribution in [1.82, 2.24) is 10.2 Å². The summed E-state index contributed by atoms with van der Waals surface area (Å²) in [6, 6.07) is 27.4. The van der Waals surface area contributed by atoms with E-state index in [4.69, 9.17) is 0 Å². The van der Waals surface area contributed by atoms with Crippen molar-refractivity contribution in [2.75, 3.05) is 17.4 Å². The Morgan fingerprint density at radius 1 is 0.844 bits per heavy atom. The van der Waals surface area contributed by atoms with Crippen LogP contribution < -0.4 is 9.62 Å². The van der Waals surface area contributed by atoms with Gasteiger partial charge in [-0.25, -0.2) is 12.8 Å². The number of benzene rings is 4. The number of carbonyl (C=O) groups is 2. The topological polar surface area (TPSA) is 86.8 Å². The minimum Gasteiger partial charge on any atom is -0.354 e. The molecule has 0 bridgehead atoms. The maximum Gasteiger partial charge on any atom is 0.264 e. The lowest BCUT2D eigenvalue weighted by Gasteiger charge is -2.34. The molecule has 2 amide bonds. The molecule has 4 aromatic rings. The van der Waals surface area contributed by atoms with Crippen molar-refractivity contribution >= 4 is 27.5 Å². The van der Waals surface area contributed by atoms with Gasteiger partial charge in [-0.1, -0.05) is 85.6 Å². The molecule has 0 saturated heterocycles. The van der Waals surface area contributed by atoms with Gasteiger partial charge in [-0.15, -0.1) is 0 Å². The third-order valence-corrected chi connectivity index (χ3v) is 9.49. The second kappa shape index (κ2) is 15.5. The number of halogens is 1. The largest absolute Gasteiger partial charge is 0.354 e. The van der Waals surface area contributed by atoms with Crippen molar-refractivity contribution < 1.29 is 22.4 Å². The van der Waals surface area contributed by atoms with E-state index in [1.807, 2.05) is 75.4 Å². The lowest BCUT2D eigenvalue weighted by molar-refractivity contribution is -0.140. The summed E-state index contributed by atoms with van der Waals surface area (Å²) in [5, 5.41) is 2.99. The molecule has 7 nitrogen and oxygen atoms in total. The standard InChI is InChI=1S/C36H40FN3O4S/c1-4-5-23-38-36(42)34(24-29-12-7-6-8-13-29)39(25-30-14-10-9-11-28(30)3)35(41)26-40(32-19-15-27(2)16-20-32)45(43,44)33-21-17-31(37)18-22-33/h6-22,34H,4-5,23-26H2,1-3H3,(H,38,42)/t34-/m1/s1. The normalized spacial score (nSPS) is 11.9. The second-order valence-corrected chi connectivity index (χ2v) is 13.0. The molecule has 0 spiro atoms. The molecular weight excluding hydrogens is 589 g/mol. The Balaban J connectivity index is 1.79. The van der Waals surface area contributed by atoms with Gasteiger partial charge in [-0.3, -0.25) is 13.9 Å². The number of hydrogen-bond acceptors (Lipinski definition) is 4. The van der Waals surface area contributed by atoms with Gasteiger partial charge in [-0.05, 0) is 73.4 Å². The number of anilines is 1. The van der Waals surface area contributed by atoms with Crippen molar-refractivity contribution in [3.05, 3.63) is 131 Å². The number of aryl methyl sites for hydroxylation is 2. The fraction of sp³-hybridized carbons (Fsp3) is 0.278. The minimum atomic E-state index is -4.30. The van der Waals surface area contributed by atoms with Crippen LogP contribution in [0.3, 0.4) is 0 Å². The number of sulfonamides is 1. The second-order valence-electron chi connectivity index (χ2n) is 11.1. The Kier molecular flexibility index (Phi) is 11.5. The van der Waals surface area contributed by atoms with Gasteiger partial charge >= 0.3 is 0 Å². The quantitative estimate of drug-likeness (QED) is 0.169. The zero-order valence-corrected chi connectivity index (χ0v) is 26.8. The number of carbonyl (C=O) groups excluding carboxylic acids is 2. The molecule has 0 radical (unpaired) electrons. The van der Waals surface area contributed by atoms with Crippen LogP contribution in [0.2, 0.25) is 0 Å². The first kappa shape index (κ1) is 33.4. The minimum absolute atomic E-state index is 0.0997. The first-order valence-corrected chi connectivity index (χ1v) is 16.5. The van der Waals surface area contributed by atoms with Gasteiger partial charge in [0.05, 0.1) is 10.6 Å². The average Bonchev–Trinajstić information content (AvgIpc) is 3.03. The fourth-order valence-corrected chi connectivity index (χ4v) is 6.42. The monoisotopic (exact) mass is 629 g/mol. The molecule has 0 unspecified atom stereocenters. The van der Waals surface area contributed by atoms with Crippen LogP contribution in [0.15, 0.2) is 108 Å². The molecule has 0 aliphatic heterocycles. The molecule has 4 aromatic carbocycles. The van der Waals surface area contributed by atoms with Crippen molar-refractivity contribution in [2.45, 2.75) is 57.5 Å². The predicted octanol–water partition coefficient (Wildman–Crippen LogP) is 6.19. The fourth-order valence-electron chi connectivity index (χ4n) is 5.00. The van der Waals surface area contributed by atoms with Gasteiger partial charge in [0, 0.05) is 19.5 Å². The Morgan fingerprint density at radius 2 is 1.49 bits per heavy atom. The van der Waals surface area contributed by atoms with Crippen molar-refractivity contribution in [3.63, 3.8) is 0 Å². The van der Waals surface area contributed by atoms with Crippen molar-refractivity contribution in [3.8, 4) is 0 Å². The van der Waals surface area contributed by atoms with Crippen LogP contribution in [0.5, 0.6) is 0 Å². The van der Waals surface area contributed by atoms with Crippen LogP contribution in [-0.4, -0.2) is 44.3 Å². The maximum atomic E-state index is 14.5. The lowest BCUT2D eigenvalue weighted by Crippen LogP contribution is -2.53. The first-order chi connectivity index (χ1) is 21.6. The first-order valence-electron chi connectivity index (χ1n) is 15.1. The predicted molar refractivity (Wildman–Crippen MR) is 176 cm³/mol. The average molecular weight is 630 g/mol. The maximum absolute atomic E-state index is 14.5. The van der Waals surface area contributed by atoms with Crippen LogP contribution in [0, 0.1) is 19.7 Å². The summed E-state index contributed by atoms with van der Waals surface area (Å²) in [7, 11) is -4.30. The SMILES string of the molecule is CCCCNC(=O)[C@@H](Cc1ccccc1)N(Cc1ccccc1C)C(=O)CN(c1ccc(C)cc1)S(=O)(=O)c1ccc(F)cc1. The molecule has 0 saturated carbocycles. The number of amides is 2. The highest BCUT2D eigenvalue weighted by Gasteiger charge is 2.34. The van der Waals surface area contributed by atoms with Crippen molar-refractivity contribution in [2.24, 2.45) is 0 Å². The summed E-state index contributed by atoms with van der Waals surface area (Å²) in [6.07, 6.45) is 1.92. The zero-order valence-electron chi connectivity index (χ0n) is 25.9. The number of nitrogens with one attached hydrogen (secondary N) is 1. The van der Waals surface area contributed by atoms with E-state index in [-0.39, 0.29) is 29.5 Å². The molecule has 236 valence electrons. The summed E-state index contributed by atoms with van der Waals surface area (Å²) >= 11 is 0. The van der Waals surface area contributed by atoms with Gasteiger partial charge in [0.1, 0.15) is 18.4 Å². The van der Waals surface area contributed by atoms with E-state index >= 15 is 0 Å². The molecule has 0 aliphatic rings. The van der Waals surface area contributed by atoms with E-state index in [2.05, 4.69) is 5.32 Å². The van der Waals surface area contributed by atoms with Gasteiger partial charge in [0.2, 0.25) is 11.8 Å². The third-order valence-electron chi connectivity index (χ3n) is 7.71. The Bertz CT molecular complexity index is 1680. The lowest BCUT2D eigenvalue weighted by atomic mass is 10.0. The number of nitrogens with zero attached hydrogens (tertiary/aromatic N) is 2. The van der Waals surface area contributed by atoms with Crippen LogP contribution in [0.4, 0.5) is 10.1 Å². The van der Waals surface area contributed by atoms with E-state index in [0.717, 1.165) is 51.5 Å². The van der Waals surface area contributed by atoms with E-state index in [1.54, 1.807) is 24.3 Å². The van der Waals surface area contributed by atoms with Crippen LogP contribution >= 0.6 is 0 Å². The van der Waals surface area contributed by atoms with E-state index < -0.39 is 34.3 Å². The van der Waals surface area contributed by atoms with E-state index in [9.17, 15) is 22.4 Å². The summed E-state index contributed by atoms with van der Waals surface area (Å²) in [4.78, 5) is 29.6. The summed E-state index contributed by atoms with van der Waals surface area (Å²) < 4.78 is 42.8. The summed E-state index contributed by atoms with van der Waals surface area (Å²) in [5.41, 5.74) is 3.84. The van der Waals surface area contributed by atoms with Gasteiger partial charge in [-0.2, -0.15) is 0 Å². The molecule has 9 heteroatoms. The highest BCUT2D eigenvalue weighted by molar-refractivity contribution is 7.92. The number of hydrogen-bond donors (Lipinski definition) is 1. The molecule has 0 aliphatic carbocycles.